The van der Waals surface area contributed by atoms with Gasteiger partial charge in [0, 0.05) is 31.0 Å². The minimum Gasteiger partial charge on any atom is -0.399 e. The van der Waals surface area contributed by atoms with Crippen molar-refractivity contribution < 1.29 is 4.79 Å². The first-order valence-electron chi connectivity index (χ1n) is 6.52. The Hall–Kier alpha value is -2.82. The van der Waals surface area contributed by atoms with E-state index in [9.17, 15) is 4.79 Å². The van der Waals surface area contributed by atoms with Crippen molar-refractivity contribution in [3.63, 3.8) is 0 Å². The number of nitrogens with one attached hydrogen (secondary N) is 1. The third-order valence-electron chi connectivity index (χ3n) is 2.96. The third-order valence-corrected chi connectivity index (χ3v) is 2.96. The Morgan fingerprint density at radius 1 is 1.10 bits per heavy atom. The molecule has 2 rings (SSSR count). The number of carbonyl (C=O) groups is 1. The molecule has 0 saturated carbocycles. The molecular weight excluding hydrogens is 264 g/mol. The van der Waals surface area contributed by atoms with E-state index in [1.54, 1.807) is 30.5 Å². The van der Waals surface area contributed by atoms with Crippen LogP contribution in [-0.4, -0.2) is 26.2 Å². The summed E-state index contributed by atoms with van der Waals surface area (Å²) in [6.07, 6.45) is 1.61. The molecule has 0 atom stereocenters. The van der Waals surface area contributed by atoms with Crippen molar-refractivity contribution >= 4 is 23.5 Å². The fourth-order valence-corrected chi connectivity index (χ4v) is 1.72. The number of amides is 1. The van der Waals surface area contributed by atoms with Gasteiger partial charge in [0.25, 0.3) is 5.91 Å². The average molecular weight is 282 g/mol. The van der Waals surface area contributed by atoms with Crippen molar-refractivity contribution in [3.8, 4) is 0 Å². The molecule has 5 nitrogen and oxygen atoms in total. The molecule has 0 radical (unpaired) electrons. The summed E-state index contributed by atoms with van der Waals surface area (Å²) >= 11 is 0. The molecule has 2 aromatic carbocycles. The van der Waals surface area contributed by atoms with E-state index in [2.05, 4.69) is 10.5 Å². The molecular formula is C16H18N4O. The lowest BCUT2D eigenvalue weighted by Gasteiger charge is -2.11. The first kappa shape index (κ1) is 14.6. The van der Waals surface area contributed by atoms with Crippen LogP contribution in [-0.2, 0) is 0 Å². The first-order chi connectivity index (χ1) is 10.1. The van der Waals surface area contributed by atoms with E-state index in [4.69, 9.17) is 5.73 Å². The zero-order chi connectivity index (χ0) is 15.2. The van der Waals surface area contributed by atoms with Gasteiger partial charge in [-0.15, -0.1) is 0 Å². The maximum atomic E-state index is 11.8. The predicted octanol–water partition coefficient (Wildman–Crippen LogP) is 2.10. The normalized spacial score (nSPS) is 10.6. The highest BCUT2D eigenvalue weighted by Crippen LogP contribution is 2.10. The van der Waals surface area contributed by atoms with Gasteiger partial charge in [0.2, 0.25) is 0 Å². The molecule has 5 heteroatoms. The summed E-state index contributed by atoms with van der Waals surface area (Å²) in [7, 11) is 3.96. The Labute approximate surface area is 124 Å². The lowest BCUT2D eigenvalue weighted by atomic mass is 10.2. The van der Waals surface area contributed by atoms with Crippen molar-refractivity contribution in [1.82, 2.24) is 5.43 Å². The third kappa shape index (κ3) is 4.07. The highest BCUT2D eigenvalue weighted by atomic mass is 16.2. The molecule has 0 bridgehead atoms. The minimum absolute atomic E-state index is 0.267. The molecule has 0 aliphatic carbocycles. The van der Waals surface area contributed by atoms with Gasteiger partial charge in [-0.2, -0.15) is 5.10 Å². The second kappa shape index (κ2) is 6.56. The fourth-order valence-electron chi connectivity index (χ4n) is 1.72. The standard InChI is InChI=1S/C16H18N4O/c1-20(2)15-9-3-12(4-10-15)11-18-19-16(21)13-5-7-14(17)8-6-13/h3-11H,17H2,1-2H3,(H,19,21)/b18-11+. The predicted molar refractivity (Wildman–Crippen MR) is 86.7 cm³/mol. The van der Waals surface area contributed by atoms with Crippen LogP contribution in [0.1, 0.15) is 15.9 Å². The van der Waals surface area contributed by atoms with Crippen LogP contribution in [0.15, 0.2) is 53.6 Å². The number of hydrazone groups is 1. The van der Waals surface area contributed by atoms with Gasteiger partial charge in [0.05, 0.1) is 6.21 Å². The maximum absolute atomic E-state index is 11.8. The van der Waals surface area contributed by atoms with E-state index < -0.39 is 0 Å². The van der Waals surface area contributed by atoms with Crippen LogP contribution >= 0.6 is 0 Å². The number of benzene rings is 2. The van der Waals surface area contributed by atoms with Crippen LogP contribution in [0.5, 0.6) is 0 Å². The lowest BCUT2D eigenvalue weighted by molar-refractivity contribution is 0.0955. The second-order valence-corrected chi connectivity index (χ2v) is 4.81. The van der Waals surface area contributed by atoms with E-state index in [-0.39, 0.29) is 5.91 Å². The average Bonchev–Trinajstić information content (AvgIpc) is 2.48. The first-order valence-corrected chi connectivity index (χ1v) is 6.52. The van der Waals surface area contributed by atoms with Crippen molar-refractivity contribution in [2.75, 3.05) is 24.7 Å². The van der Waals surface area contributed by atoms with Gasteiger partial charge < -0.3 is 10.6 Å². The Bertz CT molecular complexity index is 630. The van der Waals surface area contributed by atoms with Crippen molar-refractivity contribution in [2.45, 2.75) is 0 Å². The summed E-state index contributed by atoms with van der Waals surface area (Å²) in [6.45, 7) is 0. The highest BCUT2D eigenvalue weighted by Gasteiger charge is 2.02. The van der Waals surface area contributed by atoms with Gasteiger partial charge in [-0.3, -0.25) is 4.79 Å². The fraction of sp³-hybridized carbons (Fsp3) is 0.125. The Morgan fingerprint density at radius 3 is 2.29 bits per heavy atom. The van der Waals surface area contributed by atoms with E-state index in [0.717, 1.165) is 11.3 Å². The minimum atomic E-state index is -0.267. The van der Waals surface area contributed by atoms with E-state index >= 15 is 0 Å². The molecule has 3 N–H and O–H groups in total. The monoisotopic (exact) mass is 282 g/mol. The smallest absolute Gasteiger partial charge is 0.271 e. The largest absolute Gasteiger partial charge is 0.399 e. The van der Waals surface area contributed by atoms with Crippen LogP contribution in [0.25, 0.3) is 0 Å². The Morgan fingerprint density at radius 2 is 1.71 bits per heavy atom. The van der Waals surface area contributed by atoms with Gasteiger partial charge >= 0.3 is 0 Å². The lowest BCUT2D eigenvalue weighted by Crippen LogP contribution is -2.17. The number of carbonyl (C=O) groups excluding carboxylic acids is 1. The Kier molecular flexibility index (Phi) is 4.56. The SMILES string of the molecule is CN(C)c1ccc(/C=N/NC(=O)c2ccc(N)cc2)cc1. The van der Waals surface area contributed by atoms with Gasteiger partial charge in [0.1, 0.15) is 0 Å². The number of rotatable bonds is 4. The van der Waals surface area contributed by atoms with Crippen LogP contribution in [0.3, 0.4) is 0 Å². The van der Waals surface area contributed by atoms with Crippen LogP contribution in [0.4, 0.5) is 11.4 Å². The van der Waals surface area contributed by atoms with E-state index in [1.807, 2.05) is 43.3 Å². The number of nitrogens with two attached hydrogens (primary N) is 1. The van der Waals surface area contributed by atoms with E-state index in [1.165, 1.54) is 0 Å². The molecule has 0 fully saturated rings. The molecule has 0 aromatic heterocycles. The van der Waals surface area contributed by atoms with Gasteiger partial charge in [0.15, 0.2) is 0 Å². The summed E-state index contributed by atoms with van der Waals surface area (Å²) in [4.78, 5) is 13.8. The zero-order valence-corrected chi connectivity index (χ0v) is 12.1. The topological polar surface area (TPSA) is 70.7 Å². The molecule has 0 aliphatic heterocycles. The number of nitrogens with zero attached hydrogens (tertiary/aromatic N) is 2. The van der Waals surface area contributed by atoms with Crippen molar-refractivity contribution in [2.24, 2.45) is 5.10 Å². The second-order valence-electron chi connectivity index (χ2n) is 4.81. The van der Waals surface area contributed by atoms with Crippen LogP contribution in [0.2, 0.25) is 0 Å². The maximum Gasteiger partial charge on any atom is 0.271 e. The molecule has 0 heterocycles. The molecule has 21 heavy (non-hydrogen) atoms. The number of hydrogen-bond acceptors (Lipinski definition) is 4. The zero-order valence-electron chi connectivity index (χ0n) is 12.1. The van der Waals surface area contributed by atoms with Gasteiger partial charge in [-0.05, 0) is 42.0 Å². The van der Waals surface area contributed by atoms with Crippen LogP contribution in [0, 0.1) is 0 Å². The van der Waals surface area contributed by atoms with Crippen molar-refractivity contribution in [1.29, 1.82) is 0 Å². The number of nitrogen functional groups attached to an aromatic ring is 1. The van der Waals surface area contributed by atoms with E-state index in [0.29, 0.717) is 11.3 Å². The summed E-state index contributed by atoms with van der Waals surface area (Å²) in [5, 5.41) is 3.95. The molecule has 0 saturated heterocycles. The molecule has 1 amide bonds. The number of anilines is 2. The molecule has 108 valence electrons. The molecule has 0 unspecified atom stereocenters. The van der Waals surface area contributed by atoms with Gasteiger partial charge in [-0.1, -0.05) is 12.1 Å². The highest BCUT2D eigenvalue weighted by molar-refractivity contribution is 5.95. The van der Waals surface area contributed by atoms with Crippen LogP contribution < -0.4 is 16.1 Å². The molecule has 0 spiro atoms. The Balaban J connectivity index is 1.95. The number of hydrogen-bond donors (Lipinski definition) is 2. The van der Waals surface area contributed by atoms with Gasteiger partial charge in [-0.25, -0.2) is 5.43 Å². The molecule has 2 aromatic rings. The van der Waals surface area contributed by atoms with Crippen molar-refractivity contribution in [3.05, 3.63) is 59.7 Å². The summed E-state index contributed by atoms with van der Waals surface area (Å²) in [6, 6.07) is 14.5. The summed E-state index contributed by atoms with van der Waals surface area (Å²) in [5.41, 5.74) is 11.2. The quantitative estimate of drug-likeness (QED) is 0.512. The summed E-state index contributed by atoms with van der Waals surface area (Å²) < 4.78 is 0. The summed E-state index contributed by atoms with van der Waals surface area (Å²) in [5.74, 6) is -0.267. The molecule has 0 aliphatic rings.